The molecule has 2 unspecified atom stereocenters. The van der Waals surface area contributed by atoms with Crippen LogP contribution in [0.5, 0.6) is 0 Å². The zero-order valence-corrected chi connectivity index (χ0v) is 13.7. The molecule has 1 aromatic rings. The molecule has 1 fully saturated rings. The molecule has 0 saturated heterocycles. The first-order chi connectivity index (χ1) is 10.5. The summed E-state index contributed by atoms with van der Waals surface area (Å²) in [5.41, 5.74) is 6.85. The summed E-state index contributed by atoms with van der Waals surface area (Å²) in [6, 6.07) is 7.43. The van der Waals surface area contributed by atoms with Crippen LogP contribution in [0.1, 0.15) is 56.0 Å². The SMILES string of the molecule is CCc1ccc(C(=O)NNC(=O)C2CC(C)CC(C)C2)cc1. The molecule has 1 saturated carbocycles. The highest BCUT2D eigenvalue weighted by molar-refractivity contribution is 5.95. The van der Waals surface area contributed by atoms with E-state index in [0.29, 0.717) is 17.4 Å². The van der Waals surface area contributed by atoms with Gasteiger partial charge in [0, 0.05) is 11.5 Å². The molecule has 22 heavy (non-hydrogen) atoms. The van der Waals surface area contributed by atoms with Crippen molar-refractivity contribution in [2.75, 3.05) is 0 Å². The van der Waals surface area contributed by atoms with Crippen LogP contribution in [-0.2, 0) is 11.2 Å². The van der Waals surface area contributed by atoms with Crippen LogP contribution in [-0.4, -0.2) is 11.8 Å². The highest BCUT2D eigenvalue weighted by Crippen LogP contribution is 2.32. The van der Waals surface area contributed by atoms with Crippen LogP contribution in [0.3, 0.4) is 0 Å². The second-order valence-corrected chi connectivity index (χ2v) is 6.61. The quantitative estimate of drug-likeness (QED) is 0.843. The largest absolute Gasteiger partial charge is 0.273 e. The first-order valence-corrected chi connectivity index (χ1v) is 8.18. The molecule has 2 amide bonds. The molecule has 4 heteroatoms. The van der Waals surface area contributed by atoms with E-state index in [-0.39, 0.29) is 17.7 Å². The van der Waals surface area contributed by atoms with E-state index in [2.05, 4.69) is 31.6 Å². The van der Waals surface area contributed by atoms with Crippen LogP contribution >= 0.6 is 0 Å². The Bertz CT molecular complexity index is 514. The zero-order valence-electron chi connectivity index (χ0n) is 13.7. The molecular formula is C18H26N2O2. The normalized spacial score (nSPS) is 24.6. The lowest BCUT2D eigenvalue weighted by Crippen LogP contribution is -2.45. The maximum atomic E-state index is 12.2. The van der Waals surface area contributed by atoms with E-state index < -0.39 is 0 Å². The first kappa shape index (κ1) is 16.5. The summed E-state index contributed by atoms with van der Waals surface area (Å²) in [5, 5.41) is 0. The van der Waals surface area contributed by atoms with Crippen molar-refractivity contribution in [2.45, 2.75) is 46.5 Å². The van der Waals surface area contributed by atoms with Crippen LogP contribution in [0.25, 0.3) is 0 Å². The molecule has 0 aliphatic heterocycles. The number of carbonyl (C=O) groups is 2. The molecule has 1 aromatic carbocycles. The molecule has 2 atom stereocenters. The van der Waals surface area contributed by atoms with Gasteiger partial charge in [0.25, 0.3) is 5.91 Å². The number of amides is 2. The molecule has 0 radical (unpaired) electrons. The van der Waals surface area contributed by atoms with E-state index in [1.807, 2.05) is 12.1 Å². The minimum atomic E-state index is -0.270. The summed E-state index contributed by atoms with van der Waals surface area (Å²) >= 11 is 0. The Morgan fingerprint density at radius 3 is 2.14 bits per heavy atom. The number of hydrazine groups is 1. The second-order valence-electron chi connectivity index (χ2n) is 6.61. The highest BCUT2D eigenvalue weighted by atomic mass is 16.2. The topological polar surface area (TPSA) is 58.2 Å². The summed E-state index contributed by atoms with van der Waals surface area (Å²) in [6.45, 7) is 6.44. The van der Waals surface area contributed by atoms with Gasteiger partial charge in [0.2, 0.25) is 5.91 Å². The van der Waals surface area contributed by atoms with Crippen LogP contribution < -0.4 is 10.9 Å². The van der Waals surface area contributed by atoms with E-state index >= 15 is 0 Å². The summed E-state index contributed by atoms with van der Waals surface area (Å²) < 4.78 is 0. The van der Waals surface area contributed by atoms with Gasteiger partial charge in [0.05, 0.1) is 0 Å². The van der Waals surface area contributed by atoms with E-state index in [9.17, 15) is 9.59 Å². The maximum Gasteiger partial charge on any atom is 0.269 e. The van der Waals surface area contributed by atoms with Crippen molar-refractivity contribution < 1.29 is 9.59 Å². The predicted molar refractivity (Wildman–Crippen MR) is 87.1 cm³/mol. The van der Waals surface area contributed by atoms with Crippen molar-refractivity contribution in [1.82, 2.24) is 10.9 Å². The van der Waals surface area contributed by atoms with E-state index in [4.69, 9.17) is 0 Å². The van der Waals surface area contributed by atoms with Gasteiger partial charge in [0.1, 0.15) is 0 Å². The van der Waals surface area contributed by atoms with Gasteiger partial charge in [-0.2, -0.15) is 0 Å². The molecule has 0 aromatic heterocycles. The molecule has 2 N–H and O–H groups in total. The Morgan fingerprint density at radius 1 is 1.00 bits per heavy atom. The number of carbonyl (C=O) groups excluding carboxylic acids is 2. The molecule has 0 bridgehead atoms. The van der Waals surface area contributed by atoms with Crippen LogP contribution in [0, 0.1) is 17.8 Å². The first-order valence-electron chi connectivity index (χ1n) is 8.18. The fourth-order valence-corrected chi connectivity index (χ4v) is 3.35. The molecule has 0 spiro atoms. The molecule has 120 valence electrons. The third-order valence-electron chi connectivity index (χ3n) is 4.47. The monoisotopic (exact) mass is 302 g/mol. The molecule has 4 nitrogen and oxygen atoms in total. The molecule has 1 aliphatic carbocycles. The van der Waals surface area contributed by atoms with Gasteiger partial charge in [-0.3, -0.25) is 20.4 Å². The van der Waals surface area contributed by atoms with Crippen LogP contribution in [0.15, 0.2) is 24.3 Å². The summed E-state index contributed by atoms with van der Waals surface area (Å²) in [5.74, 6) is 0.792. The molecule has 1 aliphatic rings. The number of aryl methyl sites for hydroxylation is 1. The minimum absolute atomic E-state index is 0.00140. The van der Waals surface area contributed by atoms with Gasteiger partial charge in [-0.05, 0) is 55.2 Å². The Hall–Kier alpha value is -1.84. The highest BCUT2D eigenvalue weighted by Gasteiger charge is 2.29. The fourth-order valence-electron chi connectivity index (χ4n) is 3.35. The third kappa shape index (κ3) is 4.33. The summed E-state index contributed by atoms with van der Waals surface area (Å²) in [7, 11) is 0. The number of benzene rings is 1. The number of hydrogen-bond acceptors (Lipinski definition) is 2. The summed E-state index contributed by atoms with van der Waals surface area (Å²) in [6.07, 6.45) is 3.92. The third-order valence-corrected chi connectivity index (χ3v) is 4.47. The smallest absolute Gasteiger partial charge is 0.269 e. The van der Waals surface area contributed by atoms with Crippen molar-refractivity contribution in [3.63, 3.8) is 0 Å². The van der Waals surface area contributed by atoms with Crippen LogP contribution in [0.2, 0.25) is 0 Å². The Balaban J connectivity index is 1.85. The van der Waals surface area contributed by atoms with Gasteiger partial charge in [-0.15, -0.1) is 0 Å². The summed E-state index contributed by atoms with van der Waals surface area (Å²) in [4.78, 5) is 24.2. The maximum absolute atomic E-state index is 12.2. The predicted octanol–water partition coefficient (Wildman–Crippen LogP) is 3.08. The average molecular weight is 302 g/mol. The lowest BCUT2D eigenvalue weighted by Gasteiger charge is -2.30. The Morgan fingerprint density at radius 2 is 1.59 bits per heavy atom. The van der Waals surface area contributed by atoms with Gasteiger partial charge >= 0.3 is 0 Å². The average Bonchev–Trinajstić information content (AvgIpc) is 2.51. The van der Waals surface area contributed by atoms with Crippen molar-refractivity contribution in [2.24, 2.45) is 17.8 Å². The zero-order chi connectivity index (χ0) is 16.1. The fraction of sp³-hybridized carbons (Fsp3) is 0.556. The van der Waals surface area contributed by atoms with Crippen molar-refractivity contribution >= 4 is 11.8 Å². The lowest BCUT2D eigenvalue weighted by molar-refractivity contribution is -0.127. The second kappa shape index (κ2) is 7.43. The Labute approximate surface area is 132 Å². The van der Waals surface area contributed by atoms with Crippen molar-refractivity contribution in [1.29, 1.82) is 0 Å². The van der Waals surface area contributed by atoms with Gasteiger partial charge in [0.15, 0.2) is 0 Å². The standard InChI is InChI=1S/C18H26N2O2/c1-4-14-5-7-15(8-6-14)17(21)19-20-18(22)16-10-12(2)9-13(3)11-16/h5-8,12-13,16H,4,9-11H2,1-3H3,(H,19,21)(H,20,22). The minimum Gasteiger partial charge on any atom is -0.273 e. The molecular weight excluding hydrogens is 276 g/mol. The van der Waals surface area contributed by atoms with Gasteiger partial charge < -0.3 is 0 Å². The van der Waals surface area contributed by atoms with Gasteiger partial charge in [-0.25, -0.2) is 0 Å². The lowest BCUT2D eigenvalue weighted by atomic mass is 9.76. The number of hydrogen-bond donors (Lipinski definition) is 2. The van der Waals surface area contributed by atoms with E-state index in [0.717, 1.165) is 19.3 Å². The van der Waals surface area contributed by atoms with Crippen LogP contribution in [0.4, 0.5) is 0 Å². The molecule has 2 rings (SSSR count). The van der Waals surface area contributed by atoms with E-state index in [1.165, 1.54) is 12.0 Å². The Kier molecular flexibility index (Phi) is 5.58. The van der Waals surface area contributed by atoms with Crippen molar-refractivity contribution in [3.8, 4) is 0 Å². The molecule has 0 heterocycles. The number of nitrogens with one attached hydrogen (secondary N) is 2. The van der Waals surface area contributed by atoms with E-state index in [1.54, 1.807) is 12.1 Å². The van der Waals surface area contributed by atoms with Gasteiger partial charge in [-0.1, -0.05) is 32.9 Å². The number of rotatable bonds is 3. The van der Waals surface area contributed by atoms with Crippen molar-refractivity contribution in [3.05, 3.63) is 35.4 Å².